The Morgan fingerprint density at radius 2 is 1.82 bits per heavy atom. The van der Waals surface area contributed by atoms with Crippen LogP contribution in [0.4, 0.5) is 0 Å². The Kier molecular flexibility index (Phi) is 7.61. The number of hydrogen-bond donors (Lipinski definition) is 0. The number of nitrogens with zero attached hydrogens (tertiary/aromatic N) is 4. The Morgan fingerprint density at radius 1 is 1.13 bits per heavy atom. The van der Waals surface area contributed by atoms with E-state index in [0.29, 0.717) is 41.6 Å². The van der Waals surface area contributed by atoms with Crippen LogP contribution in [-0.4, -0.2) is 26.6 Å². The van der Waals surface area contributed by atoms with Gasteiger partial charge in [-0.1, -0.05) is 35.1 Å². The van der Waals surface area contributed by atoms with Crippen LogP contribution in [0.2, 0.25) is 5.02 Å². The van der Waals surface area contributed by atoms with Gasteiger partial charge in [-0.15, -0.1) is 0 Å². The highest BCUT2D eigenvalue weighted by atomic mass is 35.5. The van der Waals surface area contributed by atoms with Crippen molar-refractivity contribution in [2.24, 2.45) is 4.99 Å². The lowest BCUT2D eigenvalue weighted by atomic mass is 9.96. The van der Waals surface area contributed by atoms with Crippen molar-refractivity contribution in [2.45, 2.75) is 57.0 Å². The van der Waals surface area contributed by atoms with Crippen LogP contribution in [0.1, 0.15) is 49.5 Å². The van der Waals surface area contributed by atoms with Crippen LogP contribution in [0.5, 0.6) is 0 Å². The number of esters is 1. The van der Waals surface area contributed by atoms with Crippen molar-refractivity contribution in [1.82, 2.24) is 14.5 Å². The summed E-state index contributed by atoms with van der Waals surface area (Å²) in [6.07, 6.45) is 1.36. The number of allylic oxidation sites excluding steroid dienone is 1. The van der Waals surface area contributed by atoms with E-state index in [1.807, 2.05) is 26.0 Å². The molecule has 1 aliphatic heterocycles. The molecule has 1 aliphatic rings. The molecule has 4 aromatic rings. The molecule has 0 amide bonds. The molecule has 1 aromatic carbocycles. The van der Waals surface area contributed by atoms with Gasteiger partial charge in [0.25, 0.3) is 5.56 Å². The average Bonchev–Trinajstić information content (AvgIpc) is 3.41. The highest BCUT2D eigenvalue weighted by Crippen LogP contribution is 2.32. The molecule has 0 N–H and O–H groups in total. The summed E-state index contributed by atoms with van der Waals surface area (Å²) >= 11 is 8.67. The fourth-order valence-corrected chi connectivity index (χ4v) is 6.23. The van der Waals surface area contributed by atoms with Crippen LogP contribution >= 0.6 is 34.7 Å². The molecule has 0 saturated carbocycles. The third kappa shape index (κ3) is 5.78. The van der Waals surface area contributed by atoms with Crippen molar-refractivity contribution >= 4 is 46.7 Å². The topological polar surface area (TPSA) is 99.6 Å². The van der Waals surface area contributed by atoms with E-state index in [2.05, 4.69) is 15.0 Å². The summed E-state index contributed by atoms with van der Waals surface area (Å²) in [5.41, 5.74) is 3.00. The summed E-state index contributed by atoms with van der Waals surface area (Å²) in [4.78, 5) is 40.9. The third-order valence-electron chi connectivity index (χ3n) is 5.80. The van der Waals surface area contributed by atoms with E-state index in [9.17, 15) is 9.59 Å². The van der Waals surface area contributed by atoms with Gasteiger partial charge in [0.2, 0.25) is 0 Å². The predicted octanol–water partition coefficient (Wildman–Crippen LogP) is 4.99. The Hall–Kier alpha value is -3.47. The number of aromatic nitrogens is 3. The Labute approximate surface area is 237 Å². The molecular weight excluding hydrogens is 556 g/mol. The van der Waals surface area contributed by atoms with E-state index in [0.717, 1.165) is 17.0 Å². The summed E-state index contributed by atoms with van der Waals surface area (Å²) in [5.74, 6) is -0.00729. The normalized spacial score (nSPS) is 15.5. The number of benzene rings is 1. The molecule has 1 unspecified atom stereocenters. The zero-order chi connectivity index (χ0) is 27.8. The lowest BCUT2D eigenvalue weighted by molar-refractivity contribution is -0.143. The Bertz CT molecular complexity index is 1760. The van der Waals surface area contributed by atoms with Gasteiger partial charge in [-0.05, 0) is 82.3 Å². The van der Waals surface area contributed by atoms with Gasteiger partial charge < -0.3 is 9.15 Å². The molecule has 0 bridgehead atoms. The van der Waals surface area contributed by atoms with Crippen LogP contribution in [0.25, 0.3) is 6.08 Å². The number of furan rings is 1. The fourth-order valence-electron chi connectivity index (χ4n) is 4.25. The van der Waals surface area contributed by atoms with Crippen LogP contribution in [0, 0.1) is 13.8 Å². The Morgan fingerprint density at radius 3 is 2.49 bits per heavy atom. The van der Waals surface area contributed by atoms with Crippen LogP contribution in [0.3, 0.4) is 0 Å². The number of rotatable bonds is 6. The molecule has 8 nitrogen and oxygen atoms in total. The average molecular weight is 581 g/mol. The molecular formula is C28H25ClN4O4S2. The third-order valence-corrected chi connectivity index (χ3v) is 7.82. The molecule has 0 radical (unpaired) electrons. The van der Waals surface area contributed by atoms with Crippen LogP contribution in [-0.2, 0) is 9.53 Å². The maximum Gasteiger partial charge on any atom is 0.338 e. The zero-order valence-electron chi connectivity index (χ0n) is 21.9. The second-order valence-corrected chi connectivity index (χ2v) is 11.7. The first-order valence-corrected chi connectivity index (χ1v) is 14.2. The van der Waals surface area contributed by atoms with E-state index in [-0.39, 0.29) is 11.7 Å². The van der Waals surface area contributed by atoms with Gasteiger partial charge in [0.1, 0.15) is 5.76 Å². The largest absolute Gasteiger partial charge is 0.459 e. The number of carbonyl (C=O) groups excluding carboxylic acids is 1. The number of carbonyl (C=O) groups is 1. The predicted molar refractivity (Wildman–Crippen MR) is 151 cm³/mol. The van der Waals surface area contributed by atoms with Crippen molar-refractivity contribution in [3.63, 3.8) is 0 Å². The summed E-state index contributed by atoms with van der Waals surface area (Å²) in [7, 11) is 0. The van der Waals surface area contributed by atoms with E-state index in [4.69, 9.17) is 20.8 Å². The number of fused-ring (bicyclic) bond motifs is 1. The highest BCUT2D eigenvalue weighted by molar-refractivity contribution is 7.99. The van der Waals surface area contributed by atoms with Crippen molar-refractivity contribution in [3.05, 3.63) is 101 Å². The van der Waals surface area contributed by atoms with E-state index < -0.39 is 12.0 Å². The quantitative estimate of drug-likeness (QED) is 0.234. The minimum absolute atomic E-state index is 0.288. The number of hydrogen-bond acceptors (Lipinski definition) is 9. The van der Waals surface area contributed by atoms with Gasteiger partial charge in [-0.3, -0.25) is 9.36 Å². The number of halogens is 1. The van der Waals surface area contributed by atoms with Crippen molar-refractivity contribution in [2.75, 3.05) is 0 Å². The van der Waals surface area contributed by atoms with Gasteiger partial charge in [0.15, 0.2) is 15.1 Å². The summed E-state index contributed by atoms with van der Waals surface area (Å²) in [6.45, 7) is 9.14. The fraction of sp³-hybridized carbons (Fsp3) is 0.250. The van der Waals surface area contributed by atoms with E-state index >= 15 is 0 Å². The van der Waals surface area contributed by atoms with Gasteiger partial charge >= 0.3 is 5.97 Å². The van der Waals surface area contributed by atoms with Gasteiger partial charge in [0.05, 0.1) is 27.9 Å². The zero-order valence-corrected chi connectivity index (χ0v) is 24.3. The van der Waals surface area contributed by atoms with Crippen molar-refractivity contribution in [1.29, 1.82) is 0 Å². The Balaban J connectivity index is 1.56. The van der Waals surface area contributed by atoms with Crippen molar-refractivity contribution < 1.29 is 13.9 Å². The first-order valence-electron chi connectivity index (χ1n) is 12.2. The summed E-state index contributed by atoms with van der Waals surface area (Å²) in [5, 5.41) is 1.75. The first kappa shape index (κ1) is 27.1. The lowest BCUT2D eigenvalue weighted by Gasteiger charge is -2.25. The molecule has 4 heterocycles. The second kappa shape index (κ2) is 11.0. The number of aryl methyl sites for hydroxylation is 2. The van der Waals surface area contributed by atoms with Crippen molar-refractivity contribution in [3.8, 4) is 0 Å². The van der Waals surface area contributed by atoms with Gasteiger partial charge in [0, 0.05) is 22.5 Å². The summed E-state index contributed by atoms with van der Waals surface area (Å²) in [6, 6.07) is 11.9. The molecule has 11 heteroatoms. The van der Waals surface area contributed by atoms with E-state index in [1.165, 1.54) is 27.7 Å². The lowest BCUT2D eigenvalue weighted by Crippen LogP contribution is -2.40. The molecule has 5 rings (SSSR count). The first-order chi connectivity index (χ1) is 18.6. The van der Waals surface area contributed by atoms with Gasteiger partial charge in [-0.25, -0.2) is 19.8 Å². The number of ether oxygens (including phenoxy) is 1. The number of thiazole rings is 1. The monoisotopic (exact) mass is 580 g/mol. The molecule has 0 aliphatic carbocycles. The van der Waals surface area contributed by atoms with Crippen LogP contribution < -0.4 is 14.9 Å². The highest BCUT2D eigenvalue weighted by Gasteiger charge is 2.33. The van der Waals surface area contributed by atoms with E-state index in [1.54, 1.807) is 57.2 Å². The van der Waals surface area contributed by atoms with Crippen LogP contribution in [0.15, 0.2) is 78.2 Å². The molecule has 39 heavy (non-hydrogen) atoms. The molecule has 1 atom stereocenters. The maximum absolute atomic E-state index is 13.8. The summed E-state index contributed by atoms with van der Waals surface area (Å²) < 4.78 is 13.4. The second-order valence-electron chi connectivity index (χ2n) is 9.28. The molecule has 0 spiro atoms. The molecule has 0 saturated heterocycles. The minimum atomic E-state index is -0.712. The molecule has 0 fully saturated rings. The minimum Gasteiger partial charge on any atom is -0.459 e. The smallest absolute Gasteiger partial charge is 0.338 e. The SMILES string of the molecule is CC1=C(C(=O)OC(C)C)C(c2ccc(Cl)cc2)n2c(sc(=Cc3ccc(Sc4nc(C)cc(C)n4)o3)c2=O)=N1. The maximum atomic E-state index is 13.8. The van der Waals surface area contributed by atoms with Gasteiger partial charge in [-0.2, -0.15) is 0 Å². The standard InChI is InChI=1S/C28H25ClN4O4S2/c1-14(2)36-26(35)23-17(5)32-28-33(24(23)18-6-8-19(29)9-7-18)25(34)21(38-28)13-20-10-11-22(37-20)39-27-30-15(3)12-16(4)31-27/h6-14,24H,1-5H3. The molecule has 3 aromatic heterocycles. The molecule has 200 valence electrons.